The van der Waals surface area contributed by atoms with Gasteiger partial charge in [0.2, 0.25) is 0 Å². The molecule has 0 aromatic heterocycles. The Hall–Kier alpha value is -0.820. The molecule has 0 amide bonds. The molecular formula is C13H21N. The fraction of sp³-hybridized carbons (Fsp3) is 0.538. The summed E-state index contributed by atoms with van der Waals surface area (Å²) in [4.78, 5) is 0. The zero-order valence-electron chi connectivity index (χ0n) is 9.46. The van der Waals surface area contributed by atoms with Gasteiger partial charge in [-0.2, -0.15) is 0 Å². The van der Waals surface area contributed by atoms with Crippen LogP contribution in [0.15, 0.2) is 24.3 Å². The summed E-state index contributed by atoms with van der Waals surface area (Å²) in [5.41, 5.74) is 8.51. The molecule has 14 heavy (non-hydrogen) atoms. The van der Waals surface area contributed by atoms with Crippen LogP contribution in [0.5, 0.6) is 0 Å². The second-order valence-electron chi connectivity index (χ2n) is 4.60. The van der Waals surface area contributed by atoms with Gasteiger partial charge in [0.05, 0.1) is 0 Å². The topological polar surface area (TPSA) is 26.0 Å². The summed E-state index contributed by atoms with van der Waals surface area (Å²) in [6, 6.07) is 9.09. The van der Waals surface area contributed by atoms with Gasteiger partial charge in [-0.25, -0.2) is 0 Å². The number of rotatable bonds is 4. The van der Waals surface area contributed by atoms with Crippen molar-refractivity contribution in [3.63, 3.8) is 0 Å². The lowest BCUT2D eigenvalue weighted by molar-refractivity contribution is 0.646. The first kappa shape index (κ1) is 11.3. The molecule has 0 fully saturated rings. The lowest BCUT2D eigenvalue weighted by atomic mass is 10.00. The minimum Gasteiger partial charge on any atom is -0.328 e. The predicted molar refractivity (Wildman–Crippen MR) is 62.3 cm³/mol. The Kier molecular flexibility index (Phi) is 4.15. The Morgan fingerprint density at radius 1 is 0.929 bits per heavy atom. The first-order valence-corrected chi connectivity index (χ1v) is 5.41. The van der Waals surface area contributed by atoms with Gasteiger partial charge in [0.1, 0.15) is 0 Å². The summed E-state index contributed by atoms with van der Waals surface area (Å²) >= 11 is 0. The van der Waals surface area contributed by atoms with Gasteiger partial charge >= 0.3 is 0 Å². The number of nitrogens with two attached hydrogens (primary N) is 1. The summed E-state index contributed by atoms with van der Waals surface area (Å²) in [5, 5.41) is 0. The fourth-order valence-electron chi connectivity index (χ4n) is 1.65. The second kappa shape index (κ2) is 5.16. The van der Waals surface area contributed by atoms with Crippen molar-refractivity contribution in [2.45, 2.75) is 39.7 Å². The Morgan fingerprint density at radius 3 is 1.71 bits per heavy atom. The molecule has 0 aliphatic carbocycles. The number of hydrogen-bond acceptors (Lipinski definition) is 1. The van der Waals surface area contributed by atoms with Crippen molar-refractivity contribution in [1.82, 2.24) is 0 Å². The predicted octanol–water partition coefficient (Wildman–Crippen LogP) is 2.77. The molecule has 0 saturated carbocycles. The second-order valence-corrected chi connectivity index (χ2v) is 4.60. The van der Waals surface area contributed by atoms with E-state index < -0.39 is 0 Å². The Labute approximate surface area is 87.3 Å². The normalized spacial score (nSPS) is 13.2. The molecule has 2 N–H and O–H groups in total. The van der Waals surface area contributed by atoms with Crippen molar-refractivity contribution in [3.8, 4) is 0 Å². The molecule has 1 atom stereocenters. The van der Waals surface area contributed by atoms with Crippen LogP contribution in [0.4, 0.5) is 0 Å². The minimum atomic E-state index is 0.256. The highest BCUT2D eigenvalue weighted by Gasteiger charge is 2.00. The van der Waals surface area contributed by atoms with Gasteiger partial charge in [-0.1, -0.05) is 38.1 Å². The van der Waals surface area contributed by atoms with E-state index in [-0.39, 0.29) is 6.04 Å². The maximum atomic E-state index is 5.74. The van der Waals surface area contributed by atoms with Crippen molar-refractivity contribution in [3.05, 3.63) is 35.4 Å². The van der Waals surface area contributed by atoms with Gasteiger partial charge in [-0.3, -0.25) is 0 Å². The van der Waals surface area contributed by atoms with E-state index in [1.165, 1.54) is 17.5 Å². The molecule has 0 saturated heterocycles. The quantitative estimate of drug-likeness (QED) is 0.778. The lowest BCUT2D eigenvalue weighted by Gasteiger charge is -2.08. The third-order valence-electron chi connectivity index (χ3n) is 2.22. The summed E-state index contributed by atoms with van der Waals surface area (Å²) in [5.74, 6) is 0.731. The molecule has 0 radical (unpaired) electrons. The van der Waals surface area contributed by atoms with Crippen LogP contribution in [-0.2, 0) is 12.8 Å². The van der Waals surface area contributed by atoms with Crippen LogP contribution < -0.4 is 5.73 Å². The number of hydrogen-bond donors (Lipinski definition) is 1. The van der Waals surface area contributed by atoms with Crippen molar-refractivity contribution in [1.29, 1.82) is 0 Å². The Morgan fingerprint density at radius 2 is 1.36 bits per heavy atom. The van der Waals surface area contributed by atoms with Gasteiger partial charge in [0.15, 0.2) is 0 Å². The molecular weight excluding hydrogens is 170 g/mol. The average molecular weight is 191 g/mol. The zero-order valence-corrected chi connectivity index (χ0v) is 9.46. The van der Waals surface area contributed by atoms with E-state index in [1.807, 2.05) is 6.92 Å². The molecule has 0 bridgehead atoms. The van der Waals surface area contributed by atoms with E-state index in [1.54, 1.807) is 0 Å². The van der Waals surface area contributed by atoms with Gasteiger partial charge in [0, 0.05) is 6.04 Å². The molecule has 0 aliphatic heterocycles. The molecule has 78 valence electrons. The third kappa shape index (κ3) is 3.93. The maximum absolute atomic E-state index is 5.74. The van der Waals surface area contributed by atoms with Crippen molar-refractivity contribution < 1.29 is 0 Å². The van der Waals surface area contributed by atoms with E-state index in [0.717, 1.165) is 12.3 Å². The van der Waals surface area contributed by atoms with E-state index in [0.29, 0.717) is 0 Å². The third-order valence-corrected chi connectivity index (χ3v) is 2.22. The van der Waals surface area contributed by atoms with E-state index >= 15 is 0 Å². The van der Waals surface area contributed by atoms with E-state index in [2.05, 4.69) is 38.1 Å². The summed E-state index contributed by atoms with van der Waals surface area (Å²) in [6.45, 7) is 6.54. The van der Waals surface area contributed by atoms with Crippen LogP contribution in [0, 0.1) is 5.92 Å². The number of benzene rings is 1. The van der Waals surface area contributed by atoms with E-state index in [9.17, 15) is 0 Å². The van der Waals surface area contributed by atoms with Gasteiger partial charge < -0.3 is 5.73 Å². The van der Waals surface area contributed by atoms with Crippen LogP contribution in [0.1, 0.15) is 31.9 Å². The minimum absolute atomic E-state index is 0.256. The Bertz CT molecular complexity index is 230. The largest absolute Gasteiger partial charge is 0.328 e. The van der Waals surface area contributed by atoms with Crippen LogP contribution >= 0.6 is 0 Å². The molecule has 1 aromatic carbocycles. The molecule has 1 rings (SSSR count). The van der Waals surface area contributed by atoms with Crippen LogP contribution in [0.2, 0.25) is 0 Å². The van der Waals surface area contributed by atoms with Crippen LogP contribution in [0.25, 0.3) is 0 Å². The first-order valence-electron chi connectivity index (χ1n) is 5.41. The van der Waals surface area contributed by atoms with Crippen LogP contribution in [0.3, 0.4) is 0 Å². The molecule has 0 aliphatic rings. The zero-order chi connectivity index (χ0) is 10.6. The Balaban J connectivity index is 2.59. The summed E-state index contributed by atoms with van der Waals surface area (Å²) < 4.78 is 0. The average Bonchev–Trinajstić information content (AvgIpc) is 2.06. The highest BCUT2D eigenvalue weighted by atomic mass is 14.6. The summed E-state index contributed by atoms with van der Waals surface area (Å²) in [6.07, 6.45) is 2.14. The van der Waals surface area contributed by atoms with Crippen molar-refractivity contribution in [2.75, 3.05) is 0 Å². The van der Waals surface area contributed by atoms with E-state index in [4.69, 9.17) is 5.73 Å². The van der Waals surface area contributed by atoms with Crippen molar-refractivity contribution in [2.24, 2.45) is 11.7 Å². The molecule has 1 unspecified atom stereocenters. The molecule has 1 heteroatoms. The van der Waals surface area contributed by atoms with Crippen LogP contribution in [-0.4, -0.2) is 6.04 Å². The molecule has 0 heterocycles. The standard InChI is InChI=1S/C13H21N/c1-10(2)8-12-4-6-13(7-5-12)9-11(3)14/h4-7,10-11H,8-9,14H2,1-3H3. The smallest absolute Gasteiger partial charge is 0.00509 e. The SMILES string of the molecule is CC(C)Cc1ccc(CC(C)N)cc1. The van der Waals surface area contributed by atoms with Gasteiger partial charge in [0.25, 0.3) is 0 Å². The molecule has 1 aromatic rings. The van der Waals surface area contributed by atoms with Gasteiger partial charge in [-0.05, 0) is 36.8 Å². The highest BCUT2D eigenvalue weighted by Crippen LogP contribution is 2.10. The van der Waals surface area contributed by atoms with Crippen molar-refractivity contribution >= 4 is 0 Å². The lowest BCUT2D eigenvalue weighted by Crippen LogP contribution is -2.17. The highest BCUT2D eigenvalue weighted by molar-refractivity contribution is 5.23. The monoisotopic (exact) mass is 191 g/mol. The summed E-state index contributed by atoms with van der Waals surface area (Å²) in [7, 11) is 0. The fourth-order valence-corrected chi connectivity index (χ4v) is 1.65. The molecule has 1 nitrogen and oxygen atoms in total. The first-order chi connectivity index (χ1) is 6.58. The van der Waals surface area contributed by atoms with Gasteiger partial charge in [-0.15, -0.1) is 0 Å². The molecule has 0 spiro atoms. The maximum Gasteiger partial charge on any atom is 0.00509 e.